The fraction of sp³-hybridized carbons (Fsp3) is 0.211. The third kappa shape index (κ3) is 3.32. The number of fused-ring (bicyclic) bond motifs is 1. The summed E-state index contributed by atoms with van der Waals surface area (Å²) in [7, 11) is 0. The molecule has 0 aliphatic heterocycles. The second kappa shape index (κ2) is 5.85. The highest BCUT2D eigenvalue weighted by atomic mass is 79.9. The summed E-state index contributed by atoms with van der Waals surface area (Å²) in [6, 6.07) is 15.3. The number of halogens is 1. The zero-order valence-electron chi connectivity index (χ0n) is 13.3. The summed E-state index contributed by atoms with van der Waals surface area (Å²) in [4.78, 5) is 12.4. The maximum Gasteiger partial charge on any atom is 0.291 e. The first kappa shape index (κ1) is 15.8. The summed E-state index contributed by atoms with van der Waals surface area (Å²) >= 11 is 3.53. The van der Waals surface area contributed by atoms with Crippen molar-refractivity contribution in [2.24, 2.45) is 0 Å². The molecule has 0 fully saturated rings. The van der Waals surface area contributed by atoms with Crippen molar-refractivity contribution in [3.63, 3.8) is 0 Å². The summed E-state index contributed by atoms with van der Waals surface area (Å²) in [5, 5.41) is 3.80. The van der Waals surface area contributed by atoms with Crippen molar-refractivity contribution in [1.29, 1.82) is 0 Å². The van der Waals surface area contributed by atoms with E-state index in [0.717, 1.165) is 15.5 Å². The Balaban J connectivity index is 1.85. The number of hydrogen-bond acceptors (Lipinski definition) is 2. The summed E-state index contributed by atoms with van der Waals surface area (Å²) in [6.07, 6.45) is 0. The van der Waals surface area contributed by atoms with E-state index in [9.17, 15) is 4.79 Å². The van der Waals surface area contributed by atoms with Crippen LogP contribution >= 0.6 is 15.9 Å². The molecule has 1 amide bonds. The van der Waals surface area contributed by atoms with Gasteiger partial charge in [0.25, 0.3) is 5.91 Å². The van der Waals surface area contributed by atoms with Gasteiger partial charge in [-0.3, -0.25) is 4.79 Å². The van der Waals surface area contributed by atoms with Crippen LogP contribution < -0.4 is 5.32 Å². The average molecular weight is 372 g/mol. The SMILES string of the molecule is CC(C)(C)c1ccc(NC(=O)c2cc3ccccc3o2)c(Br)c1. The van der Waals surface area contributed by atoms with Crippen molar-refractivity contribution in [2.75, 3.05) is 5.32 Å². The van der Waals surface area contributed by atoms with Gasteiger partial charge < -0.3 is 9.73 Å². The lowest BCUT2D eigenvalue weighted by molar-refractivity contribution is 0.0998. The number of amides is 1. The van der Waals surface area contributed by atoms with Crippen LogP contribution in [-0.2, 0) is 5.41 Å². The minimum absolute atomic E-state index is 0.0593. The molecule has 0 radical (unpaired) electrons. The molecule has 0 saturated carbocycles. The molecule has 1 aromatic heterocycles. The number of carbonyl (C=O) groups is 1. The van der Waals surface area contributed by atoms with Crippen LogP contribution in [0.2, 0.25) is 0 Å². The second-order valence-corrected chi connectivity index (χ2v) is 7.40. The largest absolute Gasteiger partial charge is 0.451 e. The molecule has 3 aromatic rings. The highest BCUT2D eigenvalue weighted by molar-refractivity contribution is 9.10. The molecule has 1 heterocycles. The molecule has 1 N–H and O–H groups in total. The van der Waals surface area contributed by atoms with E-state index in [0.29, 0.717) is 11.3 Å². The zero-order valence-corrected chi connectivity index (χ0v) is 14.9. The number of furan rings is 1. The highest BCUT2D eigenvalue weighted by Crippen LogP contribution is 2.30. The molecule has 4 heteroatoms. The van der Waals surface area contributed by atoms with E-state index >= 15 is 0 Å². The Bertz CT molecular complexity index is 841. The van der Waals surface area contributed by atoms with Crippen LogP contribution in [0.5, 0.6) is 0 Å². The molecule has 0 unspecified atom stereocenters. The number of benzene rings is 2. The Morgan fingerprint density at radius 3 is 2.48 bits per heavy atom. The molecule has 2 aromatic carbocycles. The third-order valence-electron chi connectivity index (χ3n) is 3.73. The molecule has 0 aliphatic rings. The molecule has 23 heavy (non-hydrogen) atoms. The van der Waals surface area contributed by atoms with E-state index in [1.807, 2.05) is 42.5 Å². The van der Waals surface area contributed by atoms with E-state index < -0.39 is 0 Å². The predicted molar refractivity (Wildman–Crippen MR) is 97.0 cm³/mol. The van der Waals surface area contributed by atoms with Gasteiger partial charge in [-0.05, 0) is 51.2 Å². The van der Waals surface area contributed by atoms with Crippen molar-refractivity contribution in [1.82, 2.24) is 0 Å². The summed E-state index contributed by atoms with van der Waals surface area (Å²) in [5.41, 5.74) is 2.69. The van der Waals surface area contributed by atoms with Crippen LogP contribution in [0.25, 0.3) is 11.0 Å². The Labute approximate surface area is 143 Å². The molecule has 118 valence electrons. The van der Waals surface area contributed by atoms with Crippen LogP contribution in [-0.4, -0.2) is 5.91 Å². The minimum atomic E-state index is -0.259. The summed E-state index contributed by atoms with van der Waals surface area (Å²) < 4.78 is 6.45. The quantitative estimate of drug-likeness (QED) is 0.623. The lowest BCUT2D eigenvalue weighted by Crippen LogP contribution is -2.13. The Morgan fingerprint density at radius 2 is 1.83 bits per heavy atom. The molecule has 0 spiro atoms. The molecule has 3 nitrogen and oxygen atoms in total. The van der Waals surface area contributed by atoms with Crippen molar-refractivity contribution in [3.8, 4) is 0 Å². The fourth-order valence-electron chi connectivity index (χ4n) is 2.36. The maximum atomic E-state index is 12.4. The highest BCUT2D eigenvalue weighted by Gasteiger charge is 2.17. The van der Waals surface area contributed by atoms with Gasteiger partial charge in [0.05, 0.1) is 5.69 Å². The number of anilines is 1. The first-order valence-corrected chi connectivity index (χ1v) is 8.24. The lowest BCUT2D eigenvalue weighted by Gasteiger charge is -2.20. The first-order chi connectivity index (χ1) is 10.8. The van der Waals surface area contributed by atoms with Gasteiger partial charge in [-0.1, -0.05) is 45.0 Å². The lowest BCUT2D eigenvalue weighted by atomic mass is 9.87. The second-order valence-electron chi connectivity index (χ2n) is 6.55. The normalized spacial score (nSPS) is 11.7. The van der Waals surface area contributed by atoms with Crippen LogP contribution in [0.3, 0.4) is 0 Å². The van der Waals surface area contributed by atoms with Gasteiger partial charge in [0.1, 0.15) is 5.58 Å². The topological polar surface area (TPSA) is 42.2 Å². The third-order valence-corrected chi connectivity index (χ3v) is 4.39. The van der Waals surface area contributed by atoms with Gasteiger partial charge in [0.15, 0.2) is 5.76 Å². The zero-order chi connectivity index (χ0) is 16.6. The van der Waals surface area contributed by atoms with Gasteiger partial charge >= 0.3 is 0 Å². The van der Waals surface area contributed by atoms with E-state index in [2.05, 4.69) is 42.0 Å². The van der Waals surface area contributed by atoms with Gasteiger partial charge in [0, 0.05) is 9.86 Å². The van der Waals surface area contributed by atoms with Crippen LogP contribution in [0, 0.1) is 0 Å². The molecule has 0 bridgehead atoms. The molecule has 0 saturated heterocycles. The van der Waals surface area contributed by atoms with Gasteiger partial charge in [-0.2, -0.15) is 0 Å². The minimum Gasteiger partial charge on any atom is -0.451 e. The van der Waals surface area contributed by atoms with Gasteiger partial charge in [-0.15, -0.1) is 0 Å². The van der Waals surface area contributed by atoms with Crippen LogP contribution in [0.15, 0.2) is 57.4 Å². The van der Waals surface area contributed by atoms with E-state index in [-0.39, 0.29) is 11.3 Å². The number of rotatable bonds is 2. The summed E-state index contributed by atoms with van der Waals surface area (Å²) in [5.74, 6) is 0.0448. The standard InChI is InChI=1S/C19H18BrNO2/c1-19(2,3)13-8-9-15(14(20)11-13)21-18(22)17-10-12-6-4-5-7-16(12)23-17/h4-11H,1-3H3,(H,21,22). The molecular weight excluding hydrogens is 354 g/mol. The maximum absolute atomic E-state index is 12.4. The Kier molecular flexibility index (Phi) is 4.02. The number of nitrogens with one attached hydrogen (secondary N) is 1. The van der Waals surface area contributed by atoms with Crippen LogP contribution in [0.1, 0.15) is 36.9 Å². The molecular formula is C19H18BrNO2. The van der Waals surface area contributed by atoms with Crippen molar-refractivity contribution in [3.05, 3.63) is 64.3 Å². The van der Waals surface area contributed by atoms with Crippen molar-refractivity contribution < 1.29 is 9.21 Å². The monoisotopic (exact) mass is 371 g/mol. The predicted octanol–water partition coefficient (Wildman–Crippen LogP) is 5.75. The number of carbonyl (C=O) groups excluding carboxylic acids is 1. The fourth-order valence-corrected chi connectivity index (χ4v) is 2.84. The van der Waals surface area contributed by atoms with E-state index in [1.54, 1.807) is 6.07 Å². The van der Waals surface area contributed by atoms with E-state index in [4.69, 9.17) is 4.42 Å². The number of para-hydroxylation sites is 1. The first-order valence-electron chi connectivity index (χ1n) is 7.44. The van der Waals surface area contributed by atoms with Gasteiger partial charge in [-0.25, -0.2) is 0 Å². The number of hydrogen-bond donors (Lipinski definition) is 1. The van der Waals surface area contributed by atoms with E-state index in [1.165, 1.54) is 5.56 Å². The Morgan fingerprint density at radius 1 is 1.09 bits per heavy atom. The smallest absolute Gasteiger partial charge is 0.291 e. The molecule has 3 rings (SSSR count). The summed E-state index contributed by atoms with van der Waals surface area (Å²) in [6.45, 7) is 6.46. The molecule has 0 atom stereocenters. The Hall–Kier alpha value is -2.07. The average Bonchev–Trinajstić information content (AvgIpc) is 2.92. The van der Waals surface area contributed by atoms with Gasteiger partial charge in [0.2, 0.25) is 0 Å². The molecule has 0 aliphatic carbocycles. The van der Waals surface area contributed by atoms with Crippen LogP contribution in [0.4, 0.5) is 5.69 Å². The van der Waals surface area contributed by atoms with Crippen molar-refractivity contribution in [2.45, 2.75) is 26.2 Å². The van der Waals surface area contributed by atoms with Crippen molar-refractivity contribution >= 4 is 38.5 Å².